The molecule has 0 saturated heterocycles. The summed E-state index contributed by atoms with van der Waals surface area (Å²) in [6, 6.07) is 13.0. The second-order valence-electron chi connectivity index (χ2n) is 6.68. The lowest BCUT2D eigenvalue weighted by Crippen LogP contribution is -2.08. The summed E-state index contributed by atoms with van der Waals surface area (Å²) >= 11 is 0. The van der Waals surface area contributed by atoms with Crippen molar-refractivity contribution in [2.45, 2.75) is 19.8 Å². The van der Waals surface area contributed by atoms with Gasteiger partial charge >= 0.3 is 17.9 Å². The van der Waals surface area contributed by atoms with Gasteiger partial charge in [0.2, 0.25) is 0 Å². The van der Waals surface area contributed by atoms with E-state index in [9.17, 15) is 19.5 Å². The quantitative estimate of drug-likeness (QED) is 0.263. The number of esters is 2. The van der Waals surface area contributed by atoms with Crippen LogP contribution in [0.2, 0.25) is 0 Å². The third-order valence-electron chi connectivity index (χ3n) is 4.20. The summed E-state index contributed by atoms with van der Waals surface area (Å²) in [6.07, 6.45) is 2.12. The van der Waals surface area contributed by atoms with Crippen molar-refractivity contribution < 1.29 is 33.7 Å². The molecule has 31 heavy (non-hydrogen) atoms. The number of rotatable bonds is 10. The highest BCUT2D eigenvalue weighted by Crippen LogP contribution is 2.19. The zero-order valence-corrected chi connectivity index (χ0v) is 17.4. The van der Waals surface area contributed by atoms with Crippen molar-refractivity contribution in [3.63, 3.8) is 0 Å². The molecule has 0 spiro atoms. The molecule has 7 heteroatoms. The summed E-state index contributed by atoms with van der Waals surface area (Å²) in [5.74, 6) is -1.10. The lowest BCUT2D eigenvalue weighted by Gasteiger charge is -2.07. The molecular weight excluding hydrogens is 400 g/mol. The topological polar surface area (TPSA) is 99.1 Å². The van der Waals surface area contributed by atoms with Crippen LogP contribution in [0.15, 0.2) is 66.3 Å². The van der Waals surface area contributed by atoms with Crippen LogP contribution in [0.1, 0.15) is 35.7 Å². The molecular formula is C24H24O7. The molecule has 0 fully saturated rings. The normalized spacial score (nSPS) is 10.8. The molecule has 0 heterocycles. The lowest BCUT2D eigenvalue weighted by atomic mass is 10.1. The summed E-state index contributed by atoms with van der Waals surface area (Å²) < 4.78 is 15.4. The molecule has 2 aromatic rings. The first kappa shape index (κ1) is 23.4. The van der Waals surface area contributed by atoms with Crippen LogP contribution in [0.3, 0.4) is 0 Å². The first-order chi connectivity index (χ1) is 14.8. The number of carboxylic acid groups (broad SMARTS) is 1. The molecule has 0 saturated carbocycles. The maximum Gasteiger partial charge on any atom is 0.343 e. The molecule has 1 N–H and O–H groups in total. The van der Waals surface area contributed by atoms with Crippen molar-refractivity contribution >= 4 is 24.0 Å². The number of hydrogen-bond donors (Lipinski definition) is 1. The maximum absolute atomic E-state index is 12.2. The van der Waals surface area contributed by atoms with Crippen molar-refractivity contribution in [2.75, 3.05) is 13.7 Å². The molecule has 0 aliphatic carbocycles. The minimum atomic E-state index is -1.05. The van der Waals surface area contributed by atoms with E-state index in [1.807, 2.05) is 0 Å². The van der Waals surface area contributed by atoms with Crippen molar-refractivity contribution in [1.82, 2.24) is 0 Å². The molecule has 2 rings (SSSR count). The third kappa shape index (κ3) is 7.47. The van der Waals surface area contributed by atoms with Crippen LogP contribution in [-0.4, -0.2) is 36.7 Å². The first-order valence-electron chi connectivity index (χ1n) is 9.53. The highest BCUT2D eigenvalue weighted by Gasteiger charge is 2.11. The second-order valence-corrected chi connectivity index (χ2v) is 6.68. The van der Waals surface area contributed by atoms with E-state index in [0.717, 1.165) is 0 Å². The Morgan fingerprint density at radius 3 is 2.16 bits per heavy atom. The van der Waals surface area contributed by atoms with E-state index in [4.69, 9.17) is 14.2 Å². The number of carboxylic acids is 1. The van der Waals surface area contributed by atoms with Crippen LogP contribution in [0, 0.1) is 0 Å². The summed E-state index contributed by atoms with van der Waals surface area (Å²) in [5, 5.41) is 9.40. The van der Waals surface area contributed by atoms with Gasteiger partial charge in [-0.05, 0) is 67.8 Å². The van der Waals surface area contributed by atoms with Crippen LogP contribution in [-0.2, 0) is 14.3 Å². The highest BCUT2D eigenvalue weighted by atomic mass is 16.5. The van der Waals surface area contributed by atoms with Gasteiger partial charge < -0.3 is 19.3 Å². The molecule has 0 unspecified atom stereocenters. The zero-order chi connectivity index (χ0) is 22.8. The van der Waals surface area contributed by atoms with E-state index in [2.05, 4.69) is 6.58 Å². The Morgan fingerprint density at radius 1 is 1.00 bits per heavy atom. The van der Waals surface area contributed by atoms with Crippen molar-refractivity contribution in [3.8, 4) is 11.5 Å². The number of carbonyl (C=O) groups is 3. The summed E-state index contributed by atoms with van der Waals surface area (Å²) in [4.78, 5) is 35.0. The SMILES string of the molecule is C=C(C)C(=O)OCCCC(=Cc1ccc(OC(=O)c2ccc(OC)cc2)cc1)C(=O)O. The van der Waals surface area contributed by atoms with Crippen LogP contribution >= 0.6 is 0 Å². The fourth-order valence-corrected chi connectivity index (χ4v) is 2.52. The number of ether oxygens (including phenoxy) is 3. The fraction of sp³-hybridized carbons (Fsp3) is 0.208. The Labute approximate surface area is 180 Å². The Balaban J connectivity index is 1.96. The van der Waals surface area contributed by atoms with Gasteiger partial charge in [0.1, 0.15) is 11.5 Å². The average molecular weight is 424 g/mol. The number of benzene rings is 2. The number of carbonyl (C=O) groups excluding carboxylic acids is 2. The predicted octanol–water partition coefficient (Wildman–Crippen LogP) is 4.28. The predicted molar refractivity (Wildman–Crippen MR) is 115 cm³/mol. The highest BCUT2D eigenvalue weighted by molar-refractivity contribution is 5.92. The van der Waals surface area contributed by atoms with E-state index in [1.54, 1.807) is 55.5 Å². The van der Waals surface area contributed by atoms with Crippen LogP contribution in [0.25, 0.3) is 6.08 Å². The molecule has 2 aromatic carbocycles. The molecule has 162 valence electrons. The Hall–Kier alpha value is -3.87. The van der Waals surface area contributed by atoms with Gasteiger partial charge in [0.25, 0.3) is 0 Å². The number of aliphatic carboxylic acids is 1. The Kier molecular flexibility index (Phi) is 8.57. The van der Waals surface area contributed by atoms with E-state index >= 15 is 0 Å². The number of methoxy groups -OCH3 is 1. The smallest absolute Gasteiger partial charge is 0.343 e. The summed E-state index contributed by atoms with van der Waals surface area (Å²) in [6.45, 7) is 5.14. The van der Waals surface area contributed by atoms with Gasteiger partial charge in [-0.1, -0.05) is 18.7 Å². The molecule has 0 aromatic heterocycles. The van der Waals surface area contributed by atoms with Crippen LogP contribution in [0.4, 0.5) is 0 Å². The van der Waals surface area contributed by atoms with E-state index in [1.165, 1.54) is 13.2 Å². The zero-order valence-electron chi connectivity index (χ0n) is 17.4. The average Bonchev–Trinajstić information content (AvgIpc) is 2.76. The van der Waals surface area contributed by atoms with Crippen molar-refractivity contribution in [3.05, 3.63) is 77.4 Å². The Morgan fingerprint density at radius 2 is 1.61 bits per heavy atom. The van der Waals surface area contributed by atoms with Gasteiger partial charge in [0, 0.05) is 11.1 Å². The summed E-state index contributed by atoms with van der Waals surface area (Å²) in [5.41, 5.74) is 1.49. The monoisotopic (exact) mass is 424 g/mol. The standard InChI is InChI=1S/C24H24O7/c1-16(2)23(27)30-14-4-5-19(22(25)26)15-17-6-10-21(11-7-17)31-24(28)18-8-12-20(29-3)13-9-18/h6-13,15H,1,4-5,14H2,2-3H3,(H,25,26). The summed E-state index contributed by atoms with van der Waals surface area (Å²) in [7, 11) is 1.54. The molecule has 0 atom stereocenters. The fourth-order valence-electron chi connectivity index (χ4n) is 2.52. The molecule has 7 nitrogen and oxygen atoms in total. The number of hydrogen-bond acceptors (Lipinski definition) is 6. The minimum Gasteiger partial charge on any atom is -0.497 e. The Bertz CT molecular complexity index is 970. The molecule has 0 aliphatic heterocycles. The lowest BCUT2D eigenvalue weighted by molar-refractivity contribution is -0.139. The van der Waals surface area contributed by atoms with Crippen molar-refractivity contribution in [2.24, 2.45) is 0 Å². The molecule has 0 radical (unpaired) electrons. The minimum absolute atomic E-state index is 0.108. The molecule has 0 amide bonds. The van der Waals surface area contributed by atoms with E-state index in [-0.39, 0.29) is 18.6 Å². The maximum atomic E-state index is 12.2. The van der Waals surface area contributed by atoms with Crippen molar-refractivity contribution in [1.29, 1.82) is 0 Å². The largest absolute Gasteiger partial charge is 0.497 e. The van der Waals surface area contributed by atoms with Gasteiger partial charge in [0.05, 0.1) is 19.3 Å². The van der Waals surface area contributed by atoms with Gasteiger partial charge in [-0.25, -0.2) is 14.4 Å². The van der Waals surface area contributed by atoms with Gasteiger partial charge in [-0.3, -0.25) is 0 Å². The molecule has 0 bridgehead atoms. The van der Waals surface area contributed by atoms with Gasteiger partial charge in [-0.2, -0.15) is 0 Å². The van der Waals surface area contributed by atoms with Crippen LogP contribution in [0.5, 0.6) is 11.5 Å². The first-order valence-corrected chi connectivity index (χ1v) is 9.53. The molecule has 0 aliphatic rings. The van der Waals surface area contributed by atoms with E-state index in [0.29, 0.717) is 34.6 Å². The van der Waals surface area contributed by atoms with Gasteiger partial charge in [0.15, 0.2) is 0 Å². The second kappa shape index (κ2) is 11.3. The van der Waals surface area contributed by atoms with E-state index < -0.39 is 17.9 Å². The van der Waals surface area contributed by atoms with Crippen LogP contribution < -0.4 is 9.47 Å². The third-order valence-corrected chi connectivity index (χ3v) is 4.20. The van der Waals surface area contributed by atoms with Gasteiger partial charge in [-0.15, -0.1) is 0 Å².